The molecule has 2 aromatic rings. The van der Waals surface area contributed by atoms with Gasteiger partial charge in [-0.15, -0.1) is 0 Å². The van der Waals surface area contributed by atoms with E-state index >= 15 is 0 Å². The Labute approximate surface area is 181 Å². The lowest BCUT2D eigenvalue weighted by Crippen LogP contribution is -2.55. The van der Waals surface area contributed by atoms with Crippen molar-refractivity contribution < 1.29 is 18.1 Å². The molecule has 1 saturated heterocycles. The Morgan fingerprint density at radius 2 is 1.58 bits per heavy atom. The highest BCUT2D eigenvalue weighted by Gasteiger charge is 2.35. The van der Waals surface area contributed by atoms with Crippen LogP contribution in [0.4, 0.5) is 5.69 Å². The van der Waals surface area contributed by atoms with Crippen LogP contribution in [0, 0.1) is 10.1 Å². The number of piperazine rings is 1. The quantitative estimate of drug-likeness (QED) is 0.515. The molecule has 0 bridgehead atoms. The largest absolute Gasteiger partial charge is 0.348 e. The van der Waals surface area contributed by atoms with E-state index in [-0.39, 0.29) is 29.9 Å². The van der Waals surface area contributed by atoms with Crippen molar-refractivity contribution in [3.05, 3.63) is 70.3 Å². The fourth-order valence-corrected chi connectivity index (χ4v) is 5.20. The summed E-state index contributed by atoms with van der Waals surface area (Å²) in [5, 5.41) is 14.2. The summed E-state index contributed by atoms with van der Waals surface area (Å²) in [6.07, 6.45) is 0. The molecule has 2 unspecified atom stereocenters. The molecule has 0 saturated carbocycles. The molecule has 9 nitrogen and oxygen atoms in total. The SMILES string of the molecule is CC(NC(=O)C(C)N1CCN(S(=O)(=O)c2ccccc2[N+](=O)[O-])CC1)c1ccccc1. The van der Waals surface area contributed by atoms with Gasteiger partial charge in [0.05, 0.1) is 17.0 Å². The van der Waals surface area contributed by atoms with Crippen molar-refractivity contribution in [3.63, 3.8) is 0 Å². The first-order chi connectivity index (χ1) is 14.7. The molecule has 2 atom stereocenters. The maximum Gasteiger partial charge on any atom is 0.289 e. The summed E-state index contributed by atoms with van der Waals surface area (Å²) in [5.74, 6) is -0.133. The predicted octanol–water partition coefficient (Wildman–Crippen LogP) is 2.17. The van der Waals surface area contributed by atoms with Gasteiger partial charge in [-0.3, -0.25) is 19.8 Å². The fourth-order valence-electron chi connectivity index (χ4n) is 3.62. The lowest BCUT2D eigenvalue weighted by molar-refractivity contribution is -0.387. The van der Waals surface area contributed by atoms with Gasteiger partial charge in [-0.2, -0.15) is 4.31 Å². The molecule has 1 fully saturated rings. The molecular weight excluding hydrogens is 420 g/mol. The summed E-state index contributed by atoms with van der Waals surface area (Å²) < 4.78 is 27.1. The van der Waals surface area contributed by atoms with Crippen LogP contribution >= 0.6 is 0 Å². The Kier molecular flexibility index (Phi) is 7.04. The number of nitrogens with zero attached hydrogens (tertiary/aromatic N) is 3. The smallest absolute Gasteiger partial charge is 0.289 e. The van der Waals surface area contributed by atoms with Crippen LogP contribution in [-0.4, -0.2) is 60.7 Å². The molecular formula is C21H26N4O5S. The predicted molar refractivity (Wildman–Crippen MR) is 116 cm³/mol. The van der Waals surface area contributed by atoms with Crippen molar-refractivity contribution in [3.8, 4) is 0 Å². The summed E-state index contributed by atoms with van der Waals surface area (Å²) in [5.41, 5.74) is 0.566. The van der Waals surface area contributed by atoms with Gasteiger partial charge in [-0.05, 0) is 25.5 Å². The third-order valence-corrected chi connectivity index (χ3v) is 7.48. The number of hydrogen-bond donors (Lipinski definition) is 1. The highest BCUT2D eigenvalue weighted by Crippen LogP contribution is 2.27. The number of carbonyl (C=O) groups excluding carboxylic acids is 1. The van der Waals surface area contributed by atoms with Crippen LogP contribution in [0.1, 0.15) is 25.5 Å². The average molecular weight is 447 g/mol. The lowest BCUT2D eigenvalue weighted by Gasteiger charge is -2.37. The molecule has 0 aromatic heterocycles. The number of amides is 1. The van der Waals surface area contributed by atoms with Crippen LogP contribution in [0.25, 0.3) is 0 Å². The molecule has 31 heavy (non-hydrogen) atoms. The first-order valence-electron chi connectivity index (χ1n) is 10.0. The summed E-state index contributed by atoms with van der Waals surface area (Å²) >= 11 is 0. The Bertz CT molecular complexity index is 1040. The number of para-hydroxylation sites is 1. The normalized spacial score (nSPS) is 17.6. The number of benzene rings is 2. The van der Waals surface area contributed by atoms with E-state index in [0.29, 0.717) is 13.1 Å². The van der Waals surface area contributed by atoms with Crippen LogP contribution in [0.3, 0.4) is 0 Å². The summed E-state index contributed by atoms with van der Waals surface area (Å²) in [6, 6.07) is 14.4. The van der Waals surface area contributed by atoms with Gasteiger partial charge in [-0.1, -0.05) is 42.5 Å². The van der Waals surface area contributed by atoms with Gasteiger partial charge >= 0.3 is 0 Å². The monoisotopic (exact) mass is 446 g/mol. The van der Waals surface area contributed by atoms with Gasteiger partial charge in [0, 0.05) is 32.2 Å². The number of nitro benzene ring substituents is 1. The fraction of sp³-hybridized carbons (Fsp3) is 0.381. The van der Waals surface area contributed by atoms with Crippen molar-refractivity contribution in [2.75, 3.05) is 26.2 Å². The Hall–Kier alpha value is -2.82. The van der Waals surface area contributed by atoms with Gasteiger partial charge in [-0.25, -0.2) is 8.42 Å². The minimum atomic E-state index is -4.00. The van der Waals surface area contributed by atoms with E-state index in [4.69, 9.17) is 0 Å². The second kappa shape index (κ2) is 9.54. The van der Waals surface area contributed by atoms with Crippen molar-refractivity contribution >= 4 is 21.6 Å². The minimum absolute atomic E-state index is 0.133. The second-order valence-corrected chi connectivity index (χ2v) is 9.39. The second-order valence-electron chi connectivity index (χ2n) is 7.48. The van der Waals surface area contributed by atoms with Crippen LogP contribution in [0.2, 0.25) is 0 Å². The van der Waals surface area contributed by atoms with Crippen molar-refractivity contribution in [2.45, 2.75) is 30.8 Å². The zero-order chi connectivity index (χ0) is 22.6. The van der Waals surface area contributed by atoms with E-state index in [1.54, 1.807) is 6.92 Å². The van der Waals surface area contributed by atoms with E-state index in [0.717, 1.165) is 5.56 Å². The zero-order valence-electron chi connectivity index (χ0n) is 17.5. The molecule has 1 amide bonds. The molecule has 166 valence electrons. The molecule has 1 N–H and O–H groups in total. The Morgan fingerprint density at radius 1 is 1.00 bits per heavy atom. The molecule has 0 spiro atoms. The third kappa shape index (κ3) is 5.09. The van der Waals surface area contributed by atoms with Gasteiger partial charge < -0.3 is 5.32 Å². The van der Waals surface area contributed by atoms with Crippen molar-refractivity contribution in [1.82, 2.24) is 14.5 Å². The Balaban J connectivity index is 1.62. The molecule has 1 aliphatic rings. The molecule has 10 heteroatoms. The van der Waals surface area contributed by atoms with Gasteiger partial charge in [0.25, 0.3) is 5.69 Å². The summed E-state index contributed by atoms with van der Waals surface area (Å²) in [4.78, 5) is 24.8. The molecule has 1 aliphatic heterocycles. The van der Waals surface area contributed by atoms with Crippen molar-refractivity contribution in [1.29, 1.82) is 0 Å². The van der Waals surface area contributed by atoms with Gasteiger partial charge in [0.1, 0.15) is 0 Å². The molecule has 1 heterocycles. The zero-order valence-corrected chi connectivity index (χ0v) is 18.3. The standard InChI is InChI=1S/C21H26N4O5S/c1-16(18-8-4-3-5-9-18)22-21(26)17(2)23-12-14-24(15-13-23)31(29,30)20-11-7-6-10-19(20)25(27)28/h3-11,16-17H,12-15H2,1-2H3,(H,22,26). The van der Waals surface area contributed by atoms with E-state index < -0.39 is 26.7 Å². The molecule has 0 aliphatic carbocycles. The van der Waals surface area contributed by atoms with E-state index in [2.05, 4.69) is 5.32 Å². The van der Waals surface area contributed by atoms with Gasteiger partial charge in [0.15, 0.2) is 4.90 Å². The van der Waals surface area contributed by atoms with E-state index in [1.807, 2.05) is 42.2 Å². The van der Waals surface area contributed by atoms with E-state index in [1.165, 1.54) is 28.6 Å². The van der Waals surface area contributed by atoms with Crippen LogP contribution in [0.5, 0.6) is 0 Å². The number of sulfonamides is 1. The number of nitro groups is 1. The Morgan fingerprint density at radius 3 is 2.19 bits per heavy atom. The molecule has 0 radical (unpaired) electrons. The maximum absolute atomic E-state index is 12.9. The third-order valence-electron chi connectivity index (χ3n) is 5.54. The van der Waals surface area contributed by atoms with Crippen LogP contribution < -0.4 is 5.32 Å². The summed E-state index contributed by atoms with van der Waals surface area (Å²) in [6.45, 7) is 4.72. The van der Waals surface area contributed by atoms with Gasteiger partial charge in [0.2, 0.25) is 15.9 Å². The average Bonchev–Trinajstić information content (AvgIpc) is 2.79. The van der Waals surface area contributed by atoms with Crippen LogP contribution in [0.15, 0.2) is 59.5 Å². The maximum atomic E-state index is 12.9. The minimum Gasteiger partial charge on any atom is -0.348 e. The topological polar surface area (TPSA) is 113 Å². The first kappa shape index (κ1) is 22.9. The van der Waals surface area contributed by atoms with Crippen molar-refractivity contribution in [2.24, 2.45) is 0 Å². The molecule has 2 aromatic carbocycles. The highest BCUT2D eigenvalue weighted by atomic mass is 32.2. The van der Waals surface area contributed by atoms with E-state index in [9.17, 15) is 23.3 Å². The number of nitrogens with one attached hydrogen (secondary N) is 1. The first-order valence-corrected chi connectivity index (χ1v) is 11.5. The highest BCUT2D eigenvalue weighted by molar-refractivity contribution is 7.89. The lowest BCUT2D eigenvalue weighted by atomic mass is 10.1. The molecule has 3 rings (SSSR count). The van der Waals surface area contributed by atoms with Crippen LogP contribution in [-0.2, 0) is 14.8 Å². The summed E-state index contributed by atoms with van der Waals surface area (Å²) in [7, 11) is -4.00. The number of rotatable bonds is 7. The number of carbonyl (C=O) groups is 1. The number of hydrogen-bond acceptors (Lipinski definition) is 6.